The molecule has 1 aromatic carbocycles. The molecule has 3 rings (SSSR count). The van der Waals surface area contributed by atoms with E-state index in [9.17, 15) is 4.79 Å². The Labute approximate surface area is 165 Å². The SMILES string of the molecule is CCCCN(CCCC)c1ccc(/C=C2\C(=O)ON=C2c2ccccc2)s1. The lowest BCUT2D eigenvalue weighted by molar-refractivity contribution is -0.136. The van der Waals surface area contributed by atoms with Crippen molar-refractivity contribution < 1.29 is 9.63 Å². The number of hydrogen-bond acceptors (Lipinski definition) is 5. The van der Waals surface area contributed by atoms with Gasteiger partial charge < -0.3 is 9.74 Å². The average molecular weight is 383 g/mol. The van der Waals surface area contributed by atoms with E-state index in [0.717, 1.165) is 23.5 Å². The fraction of sp³-hybridized carbons (Fsp3) is 0.364. The minimum absolute atomic E-state index is 0.391. The van der Waals surface area contributed by atoms with E-state index in [4.69, 9.17) is 4.84 Å². The van der Waals surface area contributed by atoms with Crippen molar-refractivity contribution in [3.8, 4) is 0 Å². The molecule has 0 bridgehead atoms. The normalized spacial score (nSPS) is 15.1. The maximum Gasteiger partial charge on any atom is 0.368 e. The number of carbonyl (C=O) groups is 1. The van der Waals surface area contributed by atoms with Crippen LogP contribution >= 0.6 is 11.3 Å². The number of unbranched alkanes of at least 4 members (excludes halogenated alkanes) is 2. The minimum Gasteiger partial charge on any atom is -0.363 e. The Balaban J connectivity index is 1.82. The van der Waals surface area contributed by atoms with Crippen LogP contribution in [0, 0.1) is 0 Å². The second kappa shape index (κ2) is 9.51. The summed E-state index contributed by atoms with van der Waals surface area (Å²) >= 11 is 1.71. The molecule has 142 valence electrons. The van der Waals surface area contributed by atoms with E-state index >= 15 is 0 Å². The van der Waals surface area contributed by atoms with Gasteiger partial charge in [0, 0.05) is 23.5 Å². The van der Waals surface area contributed by atoms with Crippen molar-refractivity contribution in [3.63, 3.8) is 0 Å². The van der Waals surface area contributed by atoms with Gasteiger partial charge in [-0.3, -0.25) is 0 Å². The number of nitrogens with zero attached hydrogens (tertiary/aromatic N) is 2. The van der Waals surface area contributed by atoms with Crippen LogP contribution in [0.1, 0.15) is 50.0 Å². The molecule has 1 aliphatic heterocycles. The van der Waals surface area contributed by atoms with Crippen LogP contribution in [0.2, 0.25) is 0 Å². The van der Waals surface area contributed by atoms with Gasteiger partial charge in [0.1, 0.15) is 5.71 Å². The van der Waals surface area contributed by atoms with Gasteiger partial charge >= 0.3 is 5.97 Å². The second-order valence-electron chi connectivity index (χ2n) is 6.61. The molecule has 1 aliphatic rings. The molecular formula is C22H26N2O2S. The fourth-order valence-corrected chi connectivity index (χ4v) is 3.98. The topological polar surface area (TPSA) is 41.9 Å². The first kappa shape index (κ1) is 19.4. The third-order valence-electron chi connectivity index (χ3n) is 4.52. The van der Waals surface area contributed by atoms with Crippen molar-refractivity contribution in [3.05, 3.63) is 58.5 Å². The first-order valence-electron chi connectivity index (χ1n) is 9.64. The molecule has 0 atom stereocenters. The molecule has 0 N–H and O–H groups in total. The monoisotopic (exact) mass is 382 g/mol. The predicted octanol–water partition coefficient (Wildman–Crippen LogP) is 5.50. The van der Waals surface area contributed by atoms with Crippen molar-refractivity contribution in [2.75, 3.05) is 18.0 Å². The minimum atomic E-state index is -0.391. The molecule has 27 heavy (non-hydrogen) atoms. The van der Waals surface area contributed by atoms with Gasteiger partial charge in [0.2, 0.25) is 0 Å². The molecule has 2 heterocycles. The van der Waals surface area contributed by atoms with Crippen molar-refractivity contribution in [1.82, 2.24) is 0 Å². The maximum absolute atomic E-state index is 12.2. The largest absolute Gasteiger partial charge is 0.368 e. The summed E-state index contributed by atoms with van der Waals surface area (Å²) in [5, 5.41) is 5.24. The lowest BCUT2D eigenvalue weighted by atomic mass is 10.0. The standard InChI is InChI=1S/C22H26N2O2S/c1-3-5-14-24(15-6-4-2)20-13-12-18(27-20)16-19-21(23-26-22(19)25)17-10-8-7-9-11-17/h7-13,16H,3-6,14-15H2,1-2H3/b19-16-. The Morgan fingerprint density at radius 3 is 2.41 bits per heavy atom. The van der Waals surface area contributed by atoms with Crippen LogP contribution in [-0.4, -0.2) is 24.8 Å². The van der Waals surface area contributed by atoms with Gasteiger partial charge in [-0.25, -0.2) is 4.79 Å². The highest BCUT2D eigenvalue weighted by Gasteiger charge is 2.26. The van der Waals surface area contributed by atoms with Crippen molar-refractivity contribution in [2.45, 2.75) is 39.5 Å². The molecule has 0 unspecified atom stereocenters. The Bertz CT molecular complexity index is 816. The van der Waals surface area contributed by atoms with Gasteiger partial charge in [-0.2, -0.15) is 0 Å². The Morgan fingerprint density at radius 1 is 1.04 bits per heavy atom. The van der Waals surface area contributed by atoms with Gasteiger partial charge in [-0.05, 0) is 31.1 Å². The van der Waals surface area contributed by atoms with Gasteiger partial charge in [-0.1, -0.05) is 62.2 Å². The molecule has 1 aromatic heterocycles. The number of carbonyl (C=O) groups excluding carboxylic acids is 1. The first-order chi connectivity index (χ1) is 13.2. The number of rotatable bonds is 9. The summed E-state index contributed by atoms with van der Waals surface area (Å²) in [6.07, 6.45) is 6.65. The van der Waals surface area contributed by atoms with E-state index in [1.165, 1.54) is 30.7 Å². The number of benzene rings is 1. The molecule has 0 amide bonds. The molecule has 0 saturated heterocycles. The zero-order valence-corrected chi connectivity index (χ0v) is 16.8. The zero-order chi connectivity index (χ0) is 19.1. The lowest BCUT2D eigenvalue weighted by Gasteiger charge is -2.22. The third kappa shape index (κ3) is 4.86. The number of thiophene rings is 1. The highest BCUT2D eigenvalue weighted by Crippen LogP contribution is 2.30. The number of oxime groups is 1. The smallest absolute Gasteiger partial charge is 0.363 e. The van der Waals surface area contributed by atoms with E-state index < -0.39 is 5.97 Å². The Kier molecular flexibility index (Phi) is 6.82. The van der Waals surface area contributed by atoms with Crippen LogP contribution < -0.4 is 4.90 Å². The molecule has 0 fully saturated rings. The van der Waals surface area contributed by atoms with Gasteiger partial charge in [0.25, 0.3) is 0 Å². The quantitative estimate of drug-likeness (QED) is 0.425. The number of anilines is 1. The van der Waals surface area contributed by atoms with Crippen molar-refractivity contribution >= 4 is 34.1 Å². The molecular weight excluding hydrogens is 356 g/mol. The summed E-state index contributed by atoms with van der Waals surface area (Å²) in [5.41, 5.74) is 2.01. The molecule has 5 heteroatoms. The van der Waals surface area contributed by atoms with Crippen LogP contribution in [0.25, 0.3) is 6.08 Å². The van der Waals surface area contributed by atoms with Gasteiger partial charge in [0.05, 0.1) is 10.6 Å². The molecule has 2 aromatic rings. The predicted molar refractivity (Wildman–Crippen MR) is 113 cm³/mol. The summed E-state index contributed by atoms with van der Waals surface area (Å²) < 4.78 is 0. The van der Waals surface area contributed by atoms with Crippen LogP contribution in [0.3, 0.4) is 0 Å². The fourth-order valence-electron chi connectivity index (χ4n) is 2.98. The van der Waals surface area contributed by atoms with E-state index in [-0.39, 0.29) is 0 Å². The summed E-state index contributed by atoms with van der Waals surface area (Å²) in [4.78, 5) is 20.6. The van der Waals surface area contributed by atoms with E-state index in [1.54, 1.807) is 11.3 Å². The van der Waals surface area contributed by atoms with Crippen molar-refractivity contribution in [1.29, 1.82) is 0 Å². The number of hydrogen-bond donors (Lipinski definition) is 0. The highest BCUT2D eigenvalue weighted by atomic mass is 32.1. The van der Waals surface area contributed by atoms with Crippen LogP contribution in [-0.2, 0) is 9.63 Å². The highest BCUT2D eigenvalue weighted by molar-refractivity contribution is 7.17. The van der Waals surface area contributed by atoms with Crippen molar-refractivity contribution in [2.24, 2.45) is 5.16 Å². The third-order valence-corrected chi connectivity index (χ3v) is 5.61. The molecule has 0 spiro atoms. The van der Waals surface area contributed by atoms with Gasteiger partial charge in [-0.15, -0.1) is 11.3 Å². The summed E-state index contributed by atoms with van der Waals surface area (Å²) in [6, 6.07) is 13.9. The summed E-state index contributed by atoms with van der Waals surface area (Å²) in [6.45, 7) is 6.59. The maximum atomic E-state index is 12.2. The molecule has 0 aliphatic carbocycles. The van der Waals surface area contributed by atoms with Crippen LogP contribution in [0.4, 0.5) is 5.00 Å². The molecule has 0 radical (unpaired) electrons. The van der Waals surface area contributed by atoms with E-state index in [0.29, 0.717) is 11.3 Å². The lowest BCUT2D eigenvalue weighted by Crippen LogP contribution is -2.24. The van der Waals surface area contributed by atoms with E-state index in [2.05, 4.69) is 36.0 Å². The zero-order valence-electron chi connectivity index (χ0n) is 16.0. The summed E-state index contributed by atoms with van der Waals surface area (Å²) in [7, 11) is 0. The van der Waals surface area contributed by atoms with E-state index in [1.807, 2.05) is 36.4 Å². The first-order valence-corrected chi connectivity index (χ1v) is 10.5. The summed E-state index contributed by atoms with van der Waals surface area (Å²) in [5.74, 6) is -0.391. The van der Waals surface area contributed by atoms with Gasteiger partial charge in [0.15, 0.2) is 0 Å². The molecule has 4 nitrogen and oxygen atoms in total. The second-order valence-corrected chi connectivity index (χ2v) is 7.71. The van der Waals surface area contributed by atoms with Crippen LogP contribution in [0.15, 0.2) is 53.2 Å². The Hall–Kier alpha value is -2.40. The Morgan fingerprint density at radius 2 is 1.74 bits per heavy atom. The molecule has 0 saturated carbocycles. The average Bonchev–Trinajstić information content (AvgIpc) is 3.30. The van der Waals surface area contributed by atoms with Crippen LogP contribution in [0.5, 0.6) is 0 Å².